The van der Waals surface area contributed by atoms with E-state index in [-0.39, 0.29) is 12.5 Å². The minimum Gasteiger partial charge on any atom is -0.481 e. The highest BCUT2D eigenvalue weighted by molar-refractivity contribution is 5.79. The van der Waals surface area contributed by atoms with Crippen molar-refractivity contribution < 1.29 is 14.7 Å². The fraction of sp³-hybridized carbons (Fsp3) is 0.846. The minimum atomic E-state index is -0.940. The summed E-state index contributed by atoms with van der Waals surface area (Å²) < 4.78 is 0. The summed E-state index contributed by atoms with van der Waals surface area (Å²) in [5.41, 5.74) is 4.85. The summed E-state index contributed by atoms with van der Waals surface area (Å²) in [7, 11) is 0. The second kappa shape index (κ2) is 5.69. The largest absolute Gasteiger partial charge is 0.481 e. The van der Waals surface area contributed by atoms with Crippen molar-refractivity contribution in [1.29, 1.82) is 0 Å². The van der Waals surface area contributed by atoms with E-state index in [9.17, 15) is 9.59 Å². The van der Waals surface area contributed by atoms with Crippen molar-refractivity contribution in [2.45, 2.75) is 57.9 Å². The lowest BCUT2D eigenvalue weighted by Gasteiger charge is -2.33. The van der Waals surface area contributed by atoms with Crippen LogP contribution in [0.15, 0.2) is 0 Å². The van der Waals surface area contributed by atoms with Crippen molar-refractivity contribution >= 4 is 11.9 Å². The van der Waals surface area contributed by atoms with Gasteiger partial charge in [0.2, 0.25) is 5.91 Å². The van der Waals surface area contributed by atoms with Crippen LogP contribution >= 0.6 is 0 Å². The quantitative estimate of drug-likeness (QED) is 0.690. The van der Waals surface area contributed by atoms with Crippen molar-refractivity contribution in [3.05, 3.63) is 0 Å². The summed E-state index contributed by atoms with van der Waals surface area (Å²) >= 11 is 0. The first-order valence-corrected chi connectivity index (χ1v) is 6.54. The third kappa shape index (κ3) is 4.29. The molecule has 1 aliphatic rings. The summed E-state index contributed by atoms with van der Waals surface area (Å²) in [6.07, 6.45) is 5.38. The molecule has 0 aliphatic heterocycles. The van der Waals surface area contributed by atoms with Crippen molar-refractivity contribution in [3.8, 4) is 0 Å². The molecule has 4 N–H and O–H groups in total. The third-order valence-corrected chi connectivity index (χ3v) is 3.67. The summed E-state index contributed by atoms with van der Waals surface area (Å²) in [6, 6.07) is 0. The molecule has 0 radical (unpaired) electrons. The van der Waals surface area contributed by atoms with Gasteiger partial charge in [0.05, 0.1) is 5.41 Å². The molecule has 1 aliphatic carbocycles. The van der Waals surface area contributed by atoms with Gasteiger partial charge in [0.25, 0.3) is 0 Å². The Balaban J connectivity index is 2.40. The van der Waals surface area contributed by atoms with Crippen LogP contribution in [0.4, 0.5) is 0 Å². The Morgan fingerprint density at radius 1 is 1.28 bits per heavy atom. The molecule has 0 spiro atoms. The highest BCUT2D eigenvalue weighted by atomic mass is 16.4. The average molecular weight is 256 g/mol. The van der Waals surface area contributed by atoms with Gasteiger partial charge in [0.15, 0.2) is 0 Å². The topological polar surface area (TPSA) is 92.4 Å². The van der Waals surface area contributed by atoms with Crippen LogP contribution in [0.25, 0.3) is 0 Å². The summed E-state index contributed by atoms with van der Waals surface area (Å²) in [5.74, 6) is -1.06. The van der Waals surface area contributed by atoms with Gasteiger partial charge < -0.3 is 16.2 Å². The van der Waals surface area contributed by atoms with Gasteiger partial charge >= 0.3 is 5.97 Å². The molecule has 0 unspecified atom stereocenters. The van der Waals surface area contributed by atoms with Crippen LogP contribution < -0.4 is 11.1 Å². The van der Waals surface area contributed by atoms with Crippen LogP contribution in [0.5, 0.6) is 0 Å². The lowest BCUT2D eigenvalue weighted by atomic mass is 9.80. The maximum atomic E-state index is 11.8. The number of carboxylic acid groups (broad SMARTS) is 1. The first-order chi connectivity index (χ1) is 8.25. The van der Waals surface area contributed by atoms with Gasteiger partial charge in [-0.3, -0.25) is 9.59 Å². The molecule has 1 amide bonds. The maximum absolute atomic E-state index is 11.8. The number of amides is 1. The first-order valence-electron chi connectivity index (χ1n) is 6.54. The normalized spacial score (nSPS) is 19.3. The predicted molar refractivity (Wildman–Crippen MR) is 69.0 cm³/mol. The number of carboxylic acids is 1. The standard InChI is InChI=1S/C13H24N2O3/c1-12(2,11(17)18)9-15-10(16)8-13(14)6-4-3-5-7-13/h3-9,14H2,1-2H3,(H,15,16)(H,17,18). The monoisotopic (exact) mass is 256 g/mol. The van der Waals surface area contributed by atoms with E-state index in [0.29, 0.717) is 6.42 Å². The Labute approximate surface area is 108 Å². The van der Waals surface area contributed by atoms with E-state index in [2.05, 4.69) is 5.32 Å². The van der Waals surface area contributed by atoms with Crippen LogP contribution in [-0.4, -0.2) is 29.1 Å². The van der Waals surface area contributed by atoms with Crippen molar-refractivity contribution in [3.63, 3.8) is 0 Å². The zero-order valence-corrected chi connectivity index (χ0v) is 11.3. The van der Waals surface area contributed by atoms with Crippen LogP contribution in [0.3, 0.4) is 0 Å². The van der Waals surface area contributed by atoms with Crippen molar-refractivity contribution in [1.82, 2.24) is 5.32 Å². The van der Waals surface area contributed by atoms with Crippen molar-refractivity contribution in [2.24, 2.45) is 11.1 Å². The Morgan fingerprint density at radius 2 is 1.83 bits per heavy atom. The third-order valence-electron chi connectivity index (χ3n) is 3.67. The zero-order valence-electron chi connectivity index (χ0n) is 11.3. The fourth-order valence-corrected chi connectivity index (χ4v) is 2.21. The number of nitrogens with two attached hydrogens (primary N) is 1. The second-order valence-corrected chi connectivity index (χ2v) is 6.07. The van der Waals surface area contributed by atoms with E-state index < -0.39 is 16.9 Å². The molecule has 1 saturated carbocycles. The lowest BCUT2D eigenvalue weighted by molar-refractivity contribution is -0.146. The van der Waals surface area contributed by atoms with Gasteiger partial charge in [-0.2, -0.15) is 0 Å². The van der Waals surface area contributed by atoms with E-state index in [1.807, 2.05) is 0 Å². The zero-order chi connectivity index (χ0) is 13.8. The Kier molecular flexibility index (Phi) is 4.73. The predicted octanol–water partition coefficient (Wildman–Crippen LogP) is 1.27. The number of carbonyl (C=O) groups is 2. The number of carbonyl (C=O) groups excluding carboxylic acids is 1. The summed E-state index contributed by atoms with van der Waals surface area (Å²) in [4.78, 5) is 22.7. The highest BCUT2D eigenvalue weighted by Gasteiger charge is 2.32. The molecule has 0 aromatic heterocycles. The molecular formula is C13H24N2O3. The SMILES string of the molecule is CC(C)(CNC(=O)CC1(N)CCCCC1)C(=O)O. The number of nitrogens with one attached hydrogen (secondary N) is 1. The number of rotatable bonds is 5. The number of hydrogen-bond acceptors (Lipinski definition) is 3. The molecular weight excluding hydrogens is 232 g/mol. The molecule has 1 rings (SSSR count). The van der Waals surface area contributed by atoms with Crippen molar-refractivity contribution in [2.75, 3.05) is 6.54 Å². The second-order valence-electron chi connectivity index (χ2n) is 6.07. The van der Waals surface area contributed by atoms with E-state index in [1.165, 1.54) is 6.42 Å². The number of aliphatic carboxylic acids is 1. The Morgan fingerprint density at radius 3 is 2.33 bits per heavy atom. The van der Waals surface area contributed by atoms with Gasteiger partial charge in [-0.15, -0.1) is 0 Å². The lowest BCUT2D eigenvalue weighted by Crippen LogP contribution is -2.47. The molecule has 104 valence electrons. The highest BCUT2D eigenvalue weighted by Crippen LogP contribution is 2.28. The Hall–Kier alpha value is -1.10. The number of hydrogen-bond donors (Lipinski definition) is 3. The molecule has 0 aromatic rings. The maximum Gasteiger partial charge on any atom is 0.310 e. The van der Waals surface area contributed by atoms with Gasteiger partial charge in [-0.1, -0.05) is 19.3 Å². The molecule has 0 saturated heterocycles. The van der Waals surface area contributed by atoms with Gasteiger partial charge in [0, 0.05) is 18.5 Å². The van der Waals surface area contributed by atoms with E-state index >= 15 is 0 Å². The molecule has 0 bridgehead atoms. The summed E-state index contributed by atoms with van der Waals surface area (Å²) in [6.45, 7) is 3.32. The molecule has 5 heteroatoms. The van der Waals surface area contributed by atoms with Gasteiger partial charge in [0.1, 0.15) is 0 Å². The van der Waals surface area contributed by atoms with Crippen LogP contribution in [-0.2, 0) is 9.59 Å². The smallest absolute Gasteiger partial charge is 0.310 e. The first kappa shape index (κ1) is 15.0. The van der Waals surface area contributed by atoms with Crippen LogP contribution in [0.2, 0.25) is 0 Å². The van der Waals surface area contributed by atoms with E-state index in [0.717, 1.165) is 25.7 Å². The average Bonchev–Trinajstić information content (AvgIpc) is 2.26. The van der Waals surface area contributed by atoms with Gasteiger partial charge in [-0.25, -0.2) is 0 Å². The van der Waals surface area contributed by atoms with E-state index in [1.54, 1.807) is 13.8 Å². The molecule has 1 fully saturated rings. The molecule has 0 heterocycles. The van der Waals surface area contributed by atoms with Crippen LogP contribution in [0, 0.1) is 5.41 Å². The molecule has 5 nitrogen and oxygen atoms in total. The summed E-state index contributed by atoms with van der Waals surface area (Å²) in [5, 5.41) is 11.6. The fourth-order valence-electron chi connectivity index (χ4n) is 2.21. The van der Waals surface area contributed by atoms with E-state index in [4.69, 9.17) is 10.8 Å². The molecule has 0 atom stereocenters. The Bertz CT molecular complexity index is 320. The van der Waals surface area contributed by atoms with Gasteiger partial charge in [-0.05, 0) is 26.7 Å². The van der Waals surface area contributed by atoms with Crippen LogP contribution in [0.1, 0.15) is 52.4 Å². The molecule has 18 heavy (non-hydrogen) atoms. The minimum absolute atomic E-state index is 0.136. The molecule has 0 aromatic carbocycles.